The molecule has 6 heteroatoms. The Morgan fingerprint density at radius 1 is 1.44 bits per heavy atom. The number of rotatable bonds is 7. The first-order valence-corrected chi connectivity index (χ1v) is 6.18. The molecule has 0 spiro atoms. The summed E-state index contributed by atoms with van der Waals surface area (Å²) in [5.41, 5.74) is 5.69. The lowest BCUT2D eigenvalue weighted by Crippen LogP contribution is -2.13. The Morgan fingerprint density at radius 2 is 2.22 bits per heavy atom. The molecule has 0 amide bonds. The molecule has 1 aromatic heterocycles. The first kappa shape index (κ1) is 14.2. The van der Waals surface area contributed by atoms with Crippen molar-refractivity contribution in [3.63, 3.8) is 0 Å². The zero-order valence-corrected chi connectivity index (χ0v) is 10.9. The smallest absolute Gasteiger partial charge is 0.307 e. The van der Waals surface area contributed by atoms with Crippen molar-refractivity contribution in [1.29, 1.82) is 0 Å². The van der Waals surface area contributed by atoms with E-state index in [1.54, 1.807) is 13.0 Å². The van der Waals surface area contributed by atoms with Gasteiger partial charge in [-0.15, -0.1) is 0 Å². The fourth-order valence-corrected chi connectivity index (χ4v) is 1.47. The van der Waals surface area contributed by atoms with Crippen molar-refractivity contribution in [3.8, 4) is 0 Å². The van der Waals surface area contributed by atoms with Crippen LogP contribution in [0.15, 0.2) is 6.07 Å². The van der Waals surface area contributed by atoms with Gasteiger partial charge < -0.3 is 15.8 Å². The number of carbonyl (C=O) groups is 1. The maximum Gasteiger partial charge on any atom is 0.307 e. The van der Waals surface area contributed by atoms with Crippen LogP contribution in [0.1, 0.15) is 32.5 Å². The Kier molecular flexibility index (Phi) is 5.90. The van der Waals surface area contributed by atoms with E-state index in [9.17, 15) is 4.79 Å². The van der Waals surface area contributed by atoms with Gasteiger partial charge in [0.25, 0.3) is 0 Å². The van der Waals surface area contributed by atoms with Crippen LogP contribution < -0.4 is 11.1 Å². The van der Waals surface area contributed by atoms with Gasteiger partial charge in [0.05, 0.1) is 13.0 Å². The summed E-state index contributed by atoms with van der Waals surface area (Å²) in [5, 5.41) is 3.04. The van der Waals surface area contributed by atoms with Crippen molar-refractivity contribution < 1.29 is 9.53 Å². The average molecular weight is 252 g/mol. The van der Waals surface area contributed by atoms with Gasteiger partial charge in [0, 0.05) is 19.0 Å². The Bertz CT molecular complexity index is 396. The van der Waals surface area contributed by atoms with Gasteiger partial charge in [-0.3, -0.25) is 4.79 Å². The van der Waals surface area contributed by atoms with E-state index in [-0.39, 0.29) is 5.97 Å². The molecule has 0 radical (unpaired) electrons. The molecule has 0 aliphatic carbocycles. The molecule has 0 aliphatic rings. The summed E-state index contributed by atoms with van der Waals surface area (Å²) in [5.74, 6) is 1.58. The van der Waals surface area contributed by atoms with Crippen molar-refractivity contribution in [2.24, 2.45) is 0 Å². The number of hydrogen-bond acceptors (Lipinski definition) is 6. The van der Waals surface area contributed by atoms with Crippen molar-refractivity contribution >= 4 is 17.6 Å². The molecule has 0 unspecified atom stereocenters. The Hall–Kier alpha value is -1.85. The molecule has 1 heterocycles. The van der Waals surface area contributed by atoms with E-state index in [4.69, 9.17) is 10.5 Å². The molecule has 3 N–H and O–H groups in total. The quantitative estimate of drug-likeness (QED) is 0.712. The molecule has 18 heavy (non-hydrogen) atoms. The van der Waals surface area contributed by atoms with Gasteiger partial charge in [-0.1, -0.05) is 6.92 Å². The van der Waals surface area contributed by atoms with Crippen LogP contribution in [-0.2, 0) is 16.0 Å². The fourth-order valence-electron chi connectivity index (χ4n) is 1.47. The number of hydrogen-bond donors (Lipinski definition) is 2. The van der Waals surface area contributed by atoms with Crippen LogP contribution in [-0.4, -0.2) is 29.1 Å². The van der Waals surface area contributed by atoms with E-state index in [2.05, 4.69) is 22.2 Å². The van der Waals surface area contributed by atoms with Crippen molar-refractivity contribution in [2.45, 2.75) is 33.1 Å². The predicted molar refractivity (Wildman–Crippen MR) is 70.2 cm³/mol. The molecule has 0 atom stereocenters. The third kappa shape index (κ3) is 4.99. The third-order valence-electron chi connectivity index (χ3n) is 2.21. The number of esters is 1. The zero-order valence-electron chi connectivity index (χ0n) is 10.9. The van der Waals surface area contributed by atoms with Gasteiger partial charge >= 0.3 is 5.97 Å². The Balaban J connectivity index is 2.48. The second kappa shape index (κ2) is 7.47. The molecular weight excluding hydrogens is 232 g/mol. The number of carbonyl (C=O) groups excluding carboxylic acids is 1. The normalized spacial score (nSPS) is 10.1. The largest absolute Gasteiger partial charge is 0.466 e. The molecule has 0 aliphatic heterocycles. The summed E-state index contributed by atoms with van der Waals surface area (Å²) in [6, 6.07) is 1.66. The highest BCUT2D eigenvalue weighted by Crippen LogP contribution is 2.09. The molecule has 0 saturated carbocycles. The van der Waals surface area contributed by atoms with Crippen LogP contribution in [0.4, 0.5) is 11.6 Å². The van der Waals surface area contributed by atoms with Gasteiger partial charge in [0.15, 0.2) is 0 Å². The van der Waals surface area contributed by atoms with Crippen LogP contribution in [0.5, 0.6) is 0 Å². The highest BCUT2D eigenvalue weighted by Gasteiger charge is 2.04. The average Bonchev–Trinajstić information content (AvgIpc) is 2.29. The van der Waals surface area contributed by atoms with Crippen LogP contribution in [0.2, 0.25) is 0 Å². The van der Waals surface area contributed by atoms with Gasteiger partial charge in [-0.2, -0.15) is 0 Å². The first-order valence-electron chi connectivity index (χ1n) is 6.18. The molecule has 0 aromatic carbocycles. The van der Waals surface area contributed by atoms with Crippen molar-refractivity contribution in [3.05, 3.63) is 11.9 Å². The van der Waals surface area contributed by atoms with Crippen molar-refractivity contribution in [2.75, 3.05) is 24.2 Å². The van der Waals surface area contributed by atoms with E-state index in [1.165, 1.54) is 0 Å². The lowest BCUT2D eigenvalue weighted by Gasteiger charge is -2.07. The predicted octanol–water partition coefficient (Wildman–Crippen LogP) is 1.38. The number of nitrogens with two attached hydrogens (primary N) is 1. The monoisotopic (exact) mass is 252 g/mol. The molecule has 1 aromatic rings. The number of anilines is 2. The number of aromatic nitrogens is 2. The second-order valence-electron chi connectivity index (χ2n) is 3.83. The molecule has 0 fully saturated rings. The van der Waals surface area contributed by atoms with E-state index >= 15 is 0 Å². The summed E-state index contributed by atoms with van der Waals surface area (Å²) >= 11 is 0. The molecule has 100 valence electrons. The van der Waals surface area contributed by atoms with Crippen LogP contribution in [0.25, 0.3) is 0 Å². The zero-order chi connectivity index (χ0) is 13.4. The second-order valence-corrected chi connectivity index (χ2v) is 3.83. The Morgan fingerprint density at radius 3 is 2.89 bits per heavy atom. The van der Waals surface area contributed by atoms with E-state index in [1.807, 2.05) is 0 Å². The van der Waals surface area contributed by atoms with Crippen LogP contribution in [0, 0.1) is 0 Å². The number of nitrogens with one attached hydrogen (secondary N) is 1. The minimum Gasteiger partial charge on any atom is -0.466 e. The highest BCUT2D eigenvalue weighted by atomic mass is 16.5. The van der Waals surface area contributed by atoms with Crippen LogP contribution >= 0.6 is 0 Å². The summed E-state index contributed by atoms with van der Waals surface area (Å²) in [6.07, 6.45) is 2.06. The molecule has 0 saturated heterocycles. The minimum absolute atomic E-state index is 0.221. The van der Waals surface area contributed by atoms with Gasteiger partial charge in [0.1, 0.15) is 17.5 Å². The van der Waals surface area contributed by atoms with Gasteiger partial charge in [-0.05, 0) is 13.3 Å². The SMILES string of the molecule is CCCc1nc(N)cc(NCCC(=O)OCC)n1. The molecule has 1 rings (SSSR count). The lowest BCUT2D eigenvalue weighted by molar-refractivity contribution is -0.142. The highest BCUT2D eigenvalue weighted by molar-refractivity contribution is 5.70. The van der Waals surface area contributed by atoms with Crippen LogP contribution in [0.3, 0.4) is 0 Å². The summed E-state index contributed by atoms with van der Waals surface area (Å²) in [6.45, 7) is 4.72. The number of aryl methyl sites for hydroxylation is 1. The fraction of sp³-hybridized carbons (Fsp3) is 0.583. The molecular formula is C12H20N4O2. The minimum atomic E-state index is -0.221. The number of nitrogens with zero attached hydrogens (tertiary/aromatic N) is 2. The summed E-state index contributed by atoms with van der Waals surface area (Å²) < 4.78 is 4.83. The standard InChI is InChI=1S/C12H20N4O2/c1-3-5-10-15-9(13)8-11(16-10)14-7-6-12(17)18-4-2/h8H,3-7H2,1-2H3,(H3,13,14,15,16). The van der Waals surface area contributed by atoms with Gasteiger partial charge in [-0.25, -0.2) is 9.97 Å². The van der Waals surface area contributed by atoms with Gasteiger partial charge in [0.2, 0.25) is 0 Å². The van der Waals surface area contributed by atoms with E-state index < -0.39 is 0 Å². The maximum atomic E-state index is 11.1. The van der Waals surface area contributed by atoms with Crippen molar-refractivity contribution in [1.82, 2.24) is 9.97 Å². The Labute approximate surface area is 107 Å². The summed E-state index contributed by atoms with van der Waals surface area (Å²) in [7, 11) is 0. The van der Waals surface area contributed by atoms with E-state index in [0.717, 1.165) is 18.7 Å². The maximum absolute atomic E-state index is 11.1. The molecule has 6 nitrogen and oxygen atoms in total. The number of ether oxygens (including phenoxy) is 1. The topological polar surface area (TPSA) is 90.1 Å². The molecule has 0 bridgehead atoms. The third-order valence-corrected chi connectivity index (χ3v) is 2.21. The number of nitrogen functional groups attached to an aromatic ring is 1. The first-order chi connectivity index (χ1) is 8.65. The lowest BCUT2D eigenvalue weighted by atomic mass is 10.3. The van der Waals surface area contributed by atoms with E-state index in [0.29, 0.717) is 31.2 Å². The summed E-state index contributed by atoms with van der Waals surface area (Å²) in [4.78, 5) is 19.6.